The molecule has 0 rings (SSSR count). The van der Waals surface area contributed by atoms with Gasteiger partial charge in [-0.2, -0.15) is 0 Å². The molecule has 1 atom stereocenters. The monoisotopic (exact) mass is 1130 g/mol. The van der Waals surface area contributed by atoms with Crippen LogP contribution >= 0.6 is 0 Å². The molecule has 0 aromatic rings. The molecule has 0 radical (unpaired) electrons. The molecular weight excluding hydrogens is 997 g/mol. The van der Waals surface area contributed by atoms with E-state index in [4.69, 9.17) is 14.2 Å². The minimum absolute atomic E-state index is 0.0844. The molecule has 0 aromatic heterocycles. The average molecular weight is 1130 g/mol. The van der Waals surface area contributed by atoms with Crippen molar-refractivity contribution in [3.63, 3.8) is 0 Å². The van der Waals surface area contributed by atoms with Crippen molar-refractivity contribution < 1.29 is 28.6 Å². The van der Waals surface area contributed by atoms with Crippen LogP contribution in [0.5, 0.6) is 0 Å². The third-order valence-corrected chi connectivity index (χ3v) is 15.1. The van der Waals surface area contributed by atoms with Crippen molar-refractivity contribution in [3.05, 3.63) is 97.2 Å². The molecule has 0 saturated carbocycles. The Morgan fingerprint density at radius 1 is 0.259 bits per heavy atom. The summed E-state index contributed by atoms with van der Waals surface area (Å²) in [4.78, 5) is 38.4. The first-order chi connectivity index (χ1) is 40.0. The van der Waals surface area contributed by atoms with Crippen LogP contribution in [-0.2, 0) is 28.6 Å². The maximum absolute atomic E-state index is 12.9. The second kappa shape index (κ2) is 68.8. The Kier molecular flexibility index (Phi) is 65.7. The van der Waals surface area contributed by atoms with E-state index in [1.807, 2.05) is 0 Å². The van der Waals surface area contributed by atoms with Gasteiger partial charge < -0.3 is 14.2 Å². The lowest BCUT2D eigenvalue weighted by Gasteiger charge is -2.18. The fourth-order valence-corrected chi connectivity index (χ4v) is 9.92. The number of ether oxygens (including phenoxy) is 3. The lowest BCUT2D eigenvalue weighted by atomic mass is 10.0. The number of carbonyl (C=O) groups is 3. The van der Waals surface area contributed by atoms with E-state index in [-0.39, 0.29) is 31.1 Å². The van der Waals surface area contributed by atoms with Gasteiger partial charge in [0.15, 0.2) is 6.10 Å². The van der Waals surface area contributed by atoms with Crippen molar-refractivity contribution in [1.29, 1.82) is 0 Å². The lowest BCUT2D eigenvalue weighted by molar-refractivity contribution is -0.167. The molecule has 0 aromatic carbocycles. The fourth-order valence-electron chi connectivity index (χ4n) is 9.92. The first kappa shape index (κ1) is 77.3. The van der Waals surface area contributed by atoms with E-state index in [0.717, 1.165) is 109 Å². The summed E-state index contributed by atoms with van der Waals surface area (Å²) in [5.41, 5.74) is 0. The number of allylic oxidation sites excluding steroid dienone is 16. The van der Waals surface area contributed by atoms with Crippen molar-refractivity contribution in [3.8, 4) is 0 Å². The summed E-state index contributed by atoms with van der Waals surface area (Å²) in [5, 5.41) is 0. The quantitative estimate of drug-likeness (QED) is 0.0261. The molecule has 0 aliphatic rings. The summed E-state index contributed by atoms with van der Waals surface area (Å²) in [5.74, 6) is -0.902. The van der Waals surface area contributed by atoms with Gasteiger partial charge >= 0.3 is 17.9 Å². The van der Waals surface area contributed by atoms with Crippen LogP contribution < -0.4 is 0 Å². The maximum Gasteiger partial charge on any atom is 0.306 e. The normalized spacial score (nSPS) is 12.7. The van der Waals surface area contributed by atoms with Crippen molar-refractivity contribution in [2.75, 3.05) is 13.2 Å². The number of carbonyl (C=O) groups excluding carboxylic acids is 3. The predicted octanol–water partition coefficient (Wildman–Crippen LogP) is 24.0. The van der Waals surface area contributed by atoms with Crippen LogP contribution in [0, 0.1) is 0 Å². The SMILES string of the molecule is CC/C=C\C/C=C\C/C=C\C/C=C\CCCCCCCCCCCCCCCCCCCCC(=O)OCC(COC(=O)CCCCC/C=C\C/C=C\C/C=C\CC)OC(=O)CCCCCCCCCCC/C=C\CCCCCCCC. The van der Waals surface area contributed by atoms with Crippen LogP contribution in [0.25, 0.3) is 0 Å². The smallest absolute Gasteiger partial charge is 0.306 e. The van der Waals surface area contributed by atoms with Crippen LogP contribution in [0.1, 0.15) is 342 Å². The largest absolute Gasteiger partial charge is 0.462 e. The van der Waals surface area contributed by atoms with Crippen molar-refractivity contribution in [2.24, 2.45) is 0 Å². The van der Waals surface area contributed by atoms with Gasteiger partial charge in [-0.1, -0.05) is 304 Å². The zero-order chi connectivity index (χ0) is 58.5. The van der Waals surface area contributed by atoms with Crippen LogP contribution in [-0.4, -0.2) is 37.2 Å². The van der Waals surface area contributed by atoms with Gasteiger partial charge in [-0.05, 0) is 116 Å². The number of hydrogen-bond donors (Lipinski definition) is 0. The molecule has 0 spiro atoms. The van der Waals surface area contributed by atoms with Crippen LogP contribution in [0.4, 0.5) is 0 Å². The number of esters is 3. The molecule has 0 heterocycles. The molecule has 0 N–H and O–H groups in total. The summed E-state index contributed by atoms with van der Waals surface area (Å²) in [6.07, 6.45) is 93.0. The van der Waals surface area contributed by atoms with E-state index in [1.54, 1.807) is 0 Å². The Morgan fingerprint density at radius 3 is 0.778 bits per heavy atom. The summed E-state index contributed by atoms with van der Waals surface area (Å²) < 4.78 is 16.9. The average Bonchev–Trinajstić information content (AvgIpc) is 3.46. The van der Waals surface area contributed by atoms with Crippen LogP contribution in [0.2, 0.25) is 0 Å². The van der Waals surface area contributed by atoms with Crippen molar-refractivity contribution >= 4 is 17.9 Å². The molecule has 0 fully saturated rings. The van der Waals surface area contributed by atoms with E-state index in [9.17, 15) is 14.4 Å². The zero-order valence-corrected chi connectivity index (χ0v) is 53.5. The summed E-state index contributed by atoms with van der Waals surface area (Å²) in [6.45, 7) is 6.42. The third-order valence-electron chi connectivity index (χ3n) is 15.1. The molecule has 81 heavy (non-hydrogen) atoms. The molecule has 1 unspecified atom stereocenters. The molecule has 0 saturated heterocycles. The highest BCUT2D eigenvalue weighted by Crippen LogP contribution is 2.17. The maximum atomic E-state index is 12.9. The minimum Gasteiger partial charge on any atom is -0.462 e. The molecule has 6 heteroatoms. The Morgan fingerprint density at radius 2 is 0.481 bits per heavy atom. The van der Waals surface area contributed by atoms with Gasteiger partial charge in [0.1, 0.15) is 13.2 Å². The zero-order valence-electron chi connectivity index (χ0n) is 53.5. The van der Waals surface area contributed by atoms with E-state index < -0.39 is 6.10 Å². The van der Waals surface area contributed by atoms with Crippen LogP contribution in [0.3, 0.4) is 0 Å². The molecule has 0 amide bonds. The Labute approximate surface area is 502 Å². The van der Waals surface area contributed by atoms with Crippen molar-refractivity contribution in [1.82, 2.24) is 0 Å². The summed E-state index contributed by atoms with van der Waals surface area (Å²) in [6, 6.07) is 0. The summed E-state index contributed by atoms with van der Waals surface area (Å²) in [7, 11) is 0. The molecule has 0 bridgehead atoms. The van der Waals surface area contributed by atoms with E-state index >= 15 is 0 Å². The Hall–Kier alpha value is -3.67. The van der Waals surface area contributed by atoms with E-state index in [2.05, 4.69) is 118 Å². The van der Waals surface area contributed by atoms with E-state index in [1.165, 1.54) is 193 Å². The second-order valence-electron chi connectivity index (χ2n) is 23.0. The standard InChI is InChI=1S/C75H130O6/c1-4-7-10-13-16-19-22-25-27-29-31-32-33-34-35-36-37-38-39-40-41-42-44-45-47-50-53-56-59-62-65-68-74(77)80-71-72(70-79-73(76)67-64-61-58-55-52-49-24-21-18-15-12-9-6-3)81-75(78)69-66-63-60-57-54-51-48-46-43-30-28-26-23-20-17-14-11-8-5-2/h7,9-10,12,16,18-19,21,25-28,31-32,49,52,72H,4-6,8,11,13-15,17,20,22-24,29-30,33-48,50-51,53-71H2,1-3H3/b10-7-,12-9-,19-16-,21-18-,27-25-,28-26-,32-31-,52-49-. The predicted molar refractivity (Wildman–Crippen MR) is 353 cm³/mol. The third kappa shape index (κ3) is 67.0. The topological polar surface area (TPSA) is 78.9 Å². The van der Waals surface area contributed by atoms with Gasteiger partial charge in [0.2, 0.25) is 0 Å². The summed E-state index contributed by atoms with van der Waals surface area (Å²) >= 11 is 0. The highest BCUT2D eigenvalue weighted by atomic mass is 16.6. The molecule has 0 aliphatic carbocycles. The van der Waals surface area contributed by atoms with Crippen molar-refractivity contribution in [2.45, 2.75) is 348 Å². The second-order valence-corrected chi connectivity index (χ2v) is 23.0. The molecule has 0 aliphatic heterocycles. The minimum atomic E-state index is -0.790. The molecule has 6 nitrogen and oxygen atoms in total. The van der Waals surface area contributed by atoms with E-state index in [0.29, 0.717) is 19.3 Å². The first-order valence-corrected chi connectivity index (χ1v) is 34.7. The number of hydrogen-bond acceptors (Lipinski definition) is 6. The first-order valence-electron chi connectivity index (χ1n) is 34.7. The van der Waals surface area contributed by atoms with Gasteiger partial charge in [-0.3, -0.25) is 14.4 Å². The van der Waals surface area contributed by atoms with Gasteiger partial charge in [-0.25, -0.2) is 0 Å². The Balaban J connectivity index is 4.21. The Bertz CT molecular complexity index is 1580. The van der Waals surface area contributed by atoms with Gasteiger partial charge in [0.05, 0.1) is 0 Å². The van der Waals surface area contributed by atoms with Gasteiger partial charge in [0.25, 0.3) is 0 Å². The van der Waals surface area contributed by atoms with Crippen LogP contribution in [0.15, 0.2) is 97.2 Å². The van der Waals surface area contributed by atoms with Gasteiger partial charge in [-0.15, -0.1) is 0 Å². The number of unbranched alkanes of at least 4 members (excludes halogenated alkanes) is 36. The highest BCUT2D eigenvalue weighted by molar-refractivity contribution is 5.71. The van der Waals surface area contributed by atoms with Gasteiger partial charge in [0, 0.05) is 19.3 Å². The fraction of sp³-hybridized carbons (Fsp3) is 0.747. The highest BCUT2D eigenvalue weighted by Gasteiger charge is 2.19. The molecular formula is C75H130O6. The lowest BCUT2D eigenvalue weighted by Crippen LogP contribution is -2.30. The number of rotatable bonds is 63. The molecule has 466 valence electrons.